The van der Waals surface area contributed by atoms with Gasteiger partial charge in [-0.3, -0.25) is 14.5 Å². The molecular formula is C22H37N3O4. The lowest BCUT2D eigenvalue weighted by Gasteiger charge is -2.43. The van der Waals surface area contributed by atoms with Gasteiger partial charge in [-0.1, -0.05) is 40.0 Å². The Hall–Kier alpha value is -1.63. The van der Waals surface area contributed by atoms with Gasteiger partial charge in [0.25, 0.3) is 5.91 Å². The van der Waals surface area contributed by atoms with Crippen LogP contribution in [-0.2, 0) is 14.3 Å². The van der Waals surface area contributed by atoms with E-state index < -0.39 is 11.6 Å². The highest BCUT2D eigenvalue weighted by atomic mass is 16.5. The summed E-state index contributed by atoms with van der Waals surface area (Å²) < 4.78 is 5.86. The highest BCUT2D eigenvalue weighted by Gasteiger charge is 2.56. The van der Waals surface area contributed by atoms with Crippen molar-refractivity contribution in [1.29, 1.82) is 0 Å². The Kier molecular flexibility index (Phi) is 6.87. The van der Waals surface area contributed by atoms with Crippen LogP contribution in [0.25, 0.3) is 0 Å². The monoisotopic (exact) mass is 407 g/mol. The first-order chi connectivity index (χ1) is 13.7. The maximum absolute atomic E-state index is 13.1. The zero-order chi connectivity index (χ0) is 21.1. The Morgan fingerprint density at radius 1 is 1.21 bits per heavy atom. The second-order valence-corrected chi connectivity index (χ2v) is 10.1. The van der Waals surface area contributed by atoms with Gasteiger partial charge in [0.15, 0.2) is 0 Å². The van der Waals surface area contributed by atoms with Crippen molar-refractivity contribution in [2.45, 2.75) is 90.2 Å². The number of hydrogen-bond acceptors (Lipinski definition) is 4. The van der Waals surface area contributed by atoms with Gasteiger partial charge >= 0.3 is 6.03 Å². The Morgan fingerprint density at radius 2 is 1.93 bits per heavy atom. The lowest BCUT2D eigenvalue weighted by molar-refractivity contribution is -0.137. The molecule has 7 heteroatoms. The molecule has 1 heterocycles. The molecule has 0 radical (unpaired) electrons. The van der Waals surface area contributed by atoms with E-state index in [9.17, 15) is 14.4 Å². The third-order valence-corrected chi connectivity index (χ3v) is 6.47. The van der Waals surface area contributed by atoms with Gasteiger partial charge in [-0.25, -0.2) is 4.79 Å². The molecule has 2 saturated carbocycles. The number of nitrogens with one attached hydrogen (secondary N) is 2. The van der Waals surface area contributed by atoms with Crippen LogP contribution in [0.1, 0.15) is 78.6 Å². The van der Waals surface area contributed by atoms with E-state index >= 15 is 0 Å². The van der Waals surface area contributed by atoms with E-state index in [2.05, 4.69) is 31.4 Å². The third-order valence-electron chi connectivity index (χ3n) is 6.47. The van der Waals surface area contributed by atoms with Crippen molar-refractivity contribution in [3.8, 4) is 0 Å². The van der Waals surface area contributed by atoms with Crippen LogP contribution in [-0.4, -0.2) is 54.1 Å². The molecule has 0 unspecified atom stereocenters. The topological polar surface area (TPSA) is 87.7 Å². The van der Waals surface area contributed by atoms with Gasteiger partial charge in [-0.05, 0) is 49.9 Å². The van der Waals surface area contributed by atoms with Crippen LogP contribution in [0.3, 0.4) is 0 Å². The molecule has 3 rings (SSSR count). The molecule has 4 amide bonds. The molecule has 29 heavy (non-hydrogen) atoms. The zero-order valence-electron chi connectivity index (χ0n) is 18.2. The van der Waals surface area contributed by atoms with E-state index in [0.29, 0.717) is 38.0 Å². The number of urea groups is 1. The molecule has 0 aromatic carbocycles. The molecular weight excluding hydrogens is 370 g/mol. The first-order valence-electron chi connectivity index (χ1n) is 11.2. The van der Waals surface area contributed by atoms with Gasteiger partial charge in [0.2, 0.25) is 5.91 Å². The highest BCUT2D eigenvalue weighted by Crippen LogP contribution is 2.46. The maximum Gasteiger partial charge on any atom is 0.325 e. The fraction of sp³-hybridized carbons (Fsp3) is 0.864. The average Bonchev–Trinajstić information content (AvgIpc) is 2.84. The minimum absolute atomic E-state index is 0.0167. The Labute approximate surface area is 174 Å². The maximum atomic E-state index is 13.1. The molecule has 0 aromatic heterocycles. The number of nitrogens with zero attached hydrogens (tertiary/aromatic N) is 1. The van der Waals surface area contributed by atoms with E-state index in [0.717, 1.165) is 30.6 Å². The molecule has 7 nitrogen and oxygen atoms in total. The van der Waals surface area contributed by atoms with E-state index in [4.69, 9.17) is 4.74 Å². The summed E-state index contributed by atoms with van der Waals surface area (Å²) in [5, 5.41) is 5.72. The highest BCUT2D eigenvalue weighted by molar-refractivity contribution is 6.09. The number of carbonyl (C=O) groups is 3. The van der Waals surface area contributed by atoms with E-state index in [1.165, 1.54) is 19.3 Å². The van der Waals surface area contributed by atoms with Gasteiger partial charge < -0.3 is 15.4 Å². The Morgan fingerprint density at radius 3 is 2.62 bits per heavy atom. The summed E-state index contributed by atoms with van der Waals surface area (Å²) in [6.45, 7) is 7.29. The van der Waals surface area contributed by atoms with Gasteiger partial charge in [-0.2, -0.15) is 0 Å². The van der Waals surface area contributed by atoms with Crippen LogP contribution in [0.5, 0.6) is 0 Å². The SMILES string of the molecule is C[C@@H]1CC(C)(C)C[C@@]2(C1)NC(=O)N(CC(=O)NCCCOC1CCCCC1)C2=O. The first kappa shape index (κ1) is 22.1. The molecule has 3 aliphatic rings. The van der Waals surface area contributed by atoms with Crippen molar-refractivity contribution in [2.75, 3.05) is 19.7 Å². The van der Waals surface area contributed by atoms with Crippen molar-refractivity contribution in [3.05, 3.63) is 0 Å². The molecule has 1 spiro atoms. The molecule has 0 aromatic rings. The number of imide groups is 1. The van der Waals surface area contributed by atoms with Crippen LogP contribution in [0.15, 0.2) is 0 Å². The molecule has 1 saturated heterocycles. The lowest BCUT2D eigenvalue weighted by atomic mass is 9.64. The minimum atomic E-state index is -0.855. The summed E-state index contributed by atoms with van der Waals surface area (Å²) in [4.78, 5) is 38.9. The largest absolute Gasteiger partial charge is 0.378 e. The molecule has 2 atom stereocenters. The van der Waals surface area contributed by atoms with Crippen LogP contribution >= 0.6 is 0 Å². The van der Waals surface area contributed by atoms with Crippen LogP contribution < -0.4 is 10.6 Å². The van der Waals surface area contributed by atoms with Crippen molar-refractivity contribution in [2.24, 2.45) is 11.3 Å². The number of carbonyl (C=O) groups excluding carboxylic acids is 3. The lowest BCUT2D eigenvalue weighted by Crippen LogP contribution is -2.54. The molecule has 0 bridgehead atoms. The van der Waals surface area contributed by atoms with Crippen LogP contribution in [0.4, 0.5) is 4.79 Å². The first-order valence-corrected chi connectivity index (χ1v) is 11.2. The van der Waals surface area contributed by atoms with Crippen molar-refractivity contribution >= 4 is 17.8 Å². The van der Waals surface area contributed by atoms with Gasteiger partial charge in [-0.15, -0.1) is 0 Å². The minimum Gasteiger partial charge on any atom is -0.378 e. The quantitative estimate of drug-likeness (QED) is 0.502. The Balaban J connectivity index is 1.43. The summed E-state index contributed by atoms with van der Waals surface area (Å²) in [7, 11) is 0. The van der Waals surface area contributed by atoms with Crippen LogP contribution in [0, 0.1) is 11.3 Å². The van der Waals surface area contributed by atoms with Gasteiger partial charge in [0.05, 0.1) is 6.10 Å². The second-order valence-electron chi connectivity index (χ2n) is 10.1. The summed E-state index contributed by atoms with van der Waals surface area (Å²) in [5.41, 5.74) is -0.871. The number of hydrogen-bond donors (Lipinski definition) is 2. The smallest absolute Gasteiger partial charge is 0.325 e. The molecule has 1 aliphatic heterocycles. The van der Waals surface area contributed by atoms with Crippen LogP contribution in [0.2, 0.25) is 0 Å². The predicted molar refractivity (Wildman–Crippen MR) is 110 cm³/mol. The standard InChI is InChI=1S/C22H37N3O4/c1-16-12-21(2,3)15-22(13-16)19(27)25(20(28)24-22)14-18(26)23-10-7-11-29-17-8-5-4-6-9-17/h16-17H,4-15H2,1-3H3,(H,23,26)(H,24,28)/t16-,22-/m1/s1. The molecule has 164 valence electrons. The van der Waals surface area contributed by atoms with E-state index in [1.54, 1.807) is 0 Å². The Bertz CT molecular complexity index is 630. The van der Waals surface area contributed by atoms with E-state index in [-0.39, 0.29) is 23.8 Å². The van der Waals surface area contributed by atoms with Crippen molar-refractivity contribution in [1.82, 2.24) is 15.5 Å². The summed E-state index contributed by atoms with van der Waals surface area (Å²) in [5.74, 6) is -0.204. The van der Waals surface area contributed by atoms with Crippen molar-refractivity contribution < 1.29 is 19.1 Å². The normalized spacial score (nSPS) is 29.9. The van der Waals surface area contributed by atoms with Gasteiger partial charge in [0.1, 0.15) is 12.1 Å². The number of amides is 4. The number of rotatable bonds is 7. The summed E-state index contributed by atoms with van der Waals surface area (Å²) >= 11 is 0. The van der Waals surface area contributed by atoms with Crippen molar-refractivity contribution in [3.63, 3.8) is 0 Å². The predicted octanol–water partition coefficient (Wildman–Crippen LogP) is 2.98. The molecule has 2 N–H and O–H groups in total. The fourth-order valence-electron chi connectivity index (χ4n) is 5.63. The summed E-state index contributed by atoms with van der Waals surface area (Å²) in [6, 6.07) is -0.448. The summed E-state index contributed by atoms with van der Waals surface area (Å²) in [6.07, 6.45) is 9.43. The third kappa shape index (κ3) is 5.50. The second kappa shape index (κ2) is 9.02. The molecule has 3 fully saturated rings. The fourth-order valence-corrected chi connectivity index (χ4v) is 5.63. The molecule has 2 aliphatic carbocycles. The van der Waals surface area contributed by atoms with E-state index in [1.807, 2.05) is 0 Å². The number of ether oxygens (including phenoxy) is 1. The van der Waals surface area contributed by atoms with Gasteiger partial charge in [0, 0.05) is 13.2 Å². The zero-order valence-corrected chi connectivity index (χ0v) is 18.2. The average molecular weight is 408 g/mol.